The van der Waals surface area contributed by atoms with Gasteiger partial charge in [0.25, 0.3) is 11.7 Å². The van der Waals surface area contributed by atoms with E-state index in [4.69, 9.17) is 23.7 Å². The lowest BCUT2D eigenvalue weighted by Gasteiger charge is -2.42. The number of piperidine rings is 1. The Morgan fingerprint density at radius 3 is 2.01 bits per heavy atom. The van der Waals surface area contributed by atoms with Gasteiger partial charge in [0.05, 0.1) is 24.4 Å². The number of anilines is 2. The number of carbonyl (C=O) groups excluding carboxylic acids is 5. The van der Waals surface area contributed by atoms with Crippen molar-refractivity contribution in [2.24, 2.45) is 35.5 Å². The molecule has 0 unspecified atom stereocenters. The van der Waals surface area contributed by atoms with E-state index in [9.17, 15) is 39.3 Å². The highest BCUT2D eigenvalue weighted by Crippen LogP contribution is 2.38. The summed E-state index contributed by atoms with van der Waals surface area (Å²) in [6, 6.07) is 15.3. The first-order valence-electron chi connectivity index (χ1n) is 31.2. The molecule has 5 aliphatic heterocycles. The van der Waals surface area contributed by atoms with Crippen LogP contribution in [0.25, 0.3) is 12.2 Å². The maximum Gasteiger partial charge on any atom is 0.329 e. The van der Waals surface area contributed by atoms with Gasteiger partial charge in [-0.25, -0.2) is 4.79 Å². The molecular formula is C71H97N3O13. The number of hydrogen-bond donors (Lipinski definition) is 5. The summed E-state index contributed by atoms with van der Waals surface area (Å²) in [4.78, 5) is 71.8. The van der Waals surface area contributed by atoms with E-state index in [0.717, 1.165) is 23.4 Å². The summed E-state index contributed by atoms with van der Waals surface area (Å²) in [6.45, 7) is 12.7. The van der Waals surface area contributed by atoms with Gasteiger partial charge >= 0.3 is 5.97 Å². The molecule has 0 radical (unpaired) electrons. The SMILES string of the molecule is C1=CNc2ccccc2C=C1.C1=CNc2ccccc2C=C1.CO[C@H]1C[C@@H]2CC[C@@H](C)[C@@](O)(O2)C(=O)C(=O)N2CCCC[C@H]2C(=O)O[C@H]([C@H](C)C[C@@H]2CC[C@@H](O)[C@H](OC)C2)CC(=O)[C@H](C)/C=C(\C)[C@@H](O)[C@@H](OC)C(=O)[C@H](C)C[C@H](C)/C=C/C=C/C=C/1C. The summed E-state index contributed by atoms with van der Waals surface area (Å²) >= 11 is 0. The van der Waals surface area contributed by atoms with Gasteiger partial charge in [0, 0.05) is 82.2 Å². The zero-order valence-corrected chi connectivity index (χ0v) is 52.8. The van der Waals surface area contributed by atoms with Crippen LogP contribution in [-0.2, 0) is 47.7 Å². The van der Waals surface area contributed by atoms with Crippen LogP contribution in [0, 0.1) is 35.5 Å². The summed E-state index contributed by atoms with van der Waals surface area (Å²) in [6.07, 6.45) is 27.3. The first kappa shape index (κ1) is 69.7. The molecule has 5 N–H and O–H groups in total. The minimum atomic E-state index is -2.43. The number of esters is 1. The van der Waals surface area contributed by atoms with Crippen molar-refractivity contribution in [2.45, 2.75) is 180 Å². The number of ketones is 3. The number of hydrogen-bond acceptors (Lipinski definition) is 15. The smallest absolute Gasteiger partial charge is 0.329 e. The highest BCUT2D eigenvalue weighted by molar-refractivity contribution is 6.39. The number of nitrogens with zero attached hydrogens (tertiary/aromatic N) is 1. The standard InChI is InChI=1S/C51H79NO13.2C10H9N/c1-30-16-12-11-13-17-31(2)42(61-8)28-38-21-19-36(7)51(60,65-38)48(57)49(58)52-23-15-14-18-39(52)50(59)64-43(33(4)26-37-20-22-40(53)44(27-37)62-9)29-41(54)32(3)25-35(6)46(56)47(63-10)45(55)34(5)24-30;2*1-2-7-10-9(5-1)6-3-4-8-11-10/h11-13,16-17,25,30,32-34,36-40,42-44,46-47,53,56,60H,14-15,18-24,26-29H2,1-10H3;2*1-8,11H/b13-11+,16-12+,31-17+,35-25+;;/t30-,32-,33-,34-,36-,37+,38+,39+,40-,42+,43+,44-,46-,47+,51-;;/m1../s1. The Kier molecular flexibility index (Phi) is 27.6. The monoisotopic (exact) mass is 1200 g/mol. The fourth-order valence-electron chi connectivity index (χ4n) is 12.4. The summed E-state index contributed by atoms with van der Waals surface area (Å²) in [5.74, 6) is -7.96. The average molecular weight is 1200 g/mol. The lowest BCUT2D eigenvalue weighted by atomic mass is 9.78. The first-order valence-corrected chi connectivity index (χ1v) is 31.2. The fourth-order valence-corrected chi connectivity index (χ4v) is 12.4. The molecule has 0 aromatic heterocycles. The van der Waals surface area contributed by atoms with E-state index in [-0.39, 0.29) is 54.8 Å². The normalized spacial score (nSPS) is 33.6. The van der Waals surface area contributed by atoms with Crippen molar-refractivity contribution in [2.75, 3.05) is 38.5 Å². The first-order chi connectivity index (χ1) is 41.7. The maximum absolute atomic E-state index is 14.4. The second-order valence-electron chi connectivity index (χ2n) is 24.5. The van der Waals surface area contributed by atoms with Crippen LogP contribution < -0.4 is 10.6 Å². The summed E-state index contributed by atoms with van der Waals surface area (Å²) in [7, 11) is 4.52. The van der Waals surface area contributed by atoms with E-state index < -0.39 is 83.9 Å². The Morgan fingerprint density at radius 2 is 1.38 bits per heavy atom. The predicted octanol–water partition coefficient (Wildman–Crippen LogP) is 11.5. The second-order valence-corrected chi connectivity index (χ2v) is 24.5. The molecule has 2 bridgehead atoms. The number of allylic oxidation sites excluding steroid dienone is 10. The van der Waals surface area contributed by atoms with Crippen LogP contribution in [0.2, 0.25) is 0 Å². The minimum absolute atomic E-state index is 0.0193. The number of nitrogens with one attached hydrogen (secondary N) is 2. The zero-order valence-electron chi connectivity index (χ0n) is 52.8. The van der Waals surface area contributed by atoms with Gasteiger partial charge < -0.3 is 54.5 Å². The van der Waals surface area contributed by atoms with Gasteiger partial charge in [0.2, 0.25) is 5.79 Å². The van der Waals surface area contributed by atoms with Crippen LogP contribution in [0.5, 0.6) is 0 Å². The van der Waals surface area contributed by atoms with Gasteiger partial charge in [-0.2, -0.15) is 0 Å². The zero-order chi connectivity index (χ0) is 63.2. The molecule has 5 heterocycles. The van der Waals surface area contributed by atoms with Gasteiger partial charge in [-0.3, -0.25) is 19.2 Å². The molecule has 474 valence electrons. The summed E-state index contributed by atoms with van der Waals surface area (Å²) in [5.41, 5.74) is 6.06. The molecular weight excluding hydrogens is 1100 g/mol. The van der Waals surface area contributed by atoms with Crippen molar-refractivity contribution < 1.29 is 63.0 Å². The highest BCUT2D eigenvalue weighted by Gasteiger charge is 2.53. The number of para-hydroxylation sites is 2. The number of amides is 1. The van der Waals surface area contributed by atoms with Gasteiger partial charge in [0.15, 0.2) is 5.78 Å². The number of cyclic esters (lactones) is 1. The third kappa shape index (κ3) is 19.8. The number of rotatable bonds is 6. The van der Waals surface area contributed by atoms with Gasteiger partial charge in [-0.15, -0.1) is 0 Å². The predicted molar refractivity (Wildman–Crippen MR) is 342 cm³/mol. The highest BCUT2D eigenvalue weighted by atomic mass is 16.6. The van der Waals surface area contributed by atoms with Crippen LogP contribution >= 0.6 is 0 Å². The van der Waals surface area contributed by atoms with Crippen LogP contribution in [-0.4, -0.2) is 132 Å². The van der Waals surface area contributed by atoms with E-state index in [1.165, 1.54) is 23.1 Å². The average Bonchev–Trinajstić information content (AvgIpc) is 2.34. The Hall–Kier alpha value is -6.37. The molecule has 2 aromatic rings. The molecule has 6 aliphatic rings. The van der Waals surface area contributed by atoms with Gasteiger partial charge in [-0.1, -0.05) is 132 Å². The molecule has 1 saturated carbocycles. The quantitative estimate of drug-likeness (QED) is 0.103. The lowest BCUT2D eigenvalue weighted by molar-refractivity contribution is -0.265. The van der Waals surface area contributed by atoms with Crippen molar-refractivity contribution in [3.05, 3.63) is 144 Å². The van der Waals surface area contributed by atoms with Crippen molar-refractivity contribution in [1.29, 1.82) is 0 Å². The van der Waals surface area contributed by atoms with Crippen LogP contribution in [0.3, 0.4) is 0 Å². The van der Waals surface area contributed by atoms with Crippen LogP contribution in [0.1, 0.15) is 137 Å². The maximum atomic E-state index is 14.4. The lowest BCUT2D eigenvalue weighted by Crippen LogP contribution is -2.61. The summed E-state index contributed by atoms with van der Waals surface area (Å²) in [5, 5.41) is 40.2. The molecule has 16 heteroatoms. The van der Waals surface area contributed by atoms with E-state index in [1.807, 2.05) is 119 Å². The minimum Gasteiger partial charge on any atom is -0.460 e. The number of aliphatic hydroxyl groups is 3. The molecule has 2 saturated heterocycles. The Labute approximate surface area is 516 Å². The number of benzene rings is 2. The fraction of sp³-hybridized carbons (Fsp3) is 0.535. The molecule has 1 aliphatic carbocycles. The molecule has 1 amide bonds. The van der Waals surface area contributed by atoms with Gasteiger partial charge in [0.1, 0.15) is 30.1 Å². The van der Waals surface area contributed by atoms with Crippen LogP contribution in [0.4, 0.5) is 11.4 Å². The van der Waals surface area contributed by atoms with E-state index in [1.54, 1.807) is 41.1 Å². The van der Waals surface area contributed by atoms with E-state index >= 15 is 0 Å². The Morgan fingerprint density at radius 1 is 0.724 bits per heavy atom. The summed E-state index contributed by atoms with van der Waals surface area (Å²) < 4.78 is 29.4. The third-order valence-electron chi connectivity index (χ3n) is 17.8. The van der Waals surface area contributed by atoms with Crippen molar-refractivity contribution in [1.82, 2.24) is 4.90 Å². The van der Waals surface area contributed by atoms with Crippen LogP contribution in [0.15, 0.2) is 133 Å². The third-order valence-corrected chi connectivity index (χ3v) is 17.8. The molecule has 16 nitrogen and oxygen atoms in total. The largest absolute Gasteiger partial charge is 0.460 e. The van der Waals surface area contributed by atoms with Crippen molar-refractivity contribution >= 4 is 52.8 Å². The van der Waals surface area contributed by atoms with Crippen molar-refractivity contribution in [3.8, 4) is 0 Å². The van der Waals surface area contributed by atoms with Gasteiger partial charge in [-0.05, 0) is 142 Å². The number of Topliss-reactive ketones (excluding diaryl/α,β-unsaturated/α-hetero) is 3. The molecule has 3 fully saturated rings. The van der Waals surface area contributed by atoms with E-state index in [0.29, 0.717) is 63.4 Å². The van der Waals surface area contributed by atoms with E-state index in [2.05, 4.69) is 47.1 Å². The number of aliphatic hydroxyl groups excluding tert-OH is 2. The van der Waals surface area contributed by atoms with Crippen molar-refractivity contribution in [3.63, 3.8) is 0 Å². The number of carbonyl (C=O) groups is 5. The Bertz CT molecular complexity index is 2800. The second kappa shape index (κ2) is 34.4. The molecule has 0 spiro atoms. The Balaban J connectivity index is 0.000000448. The molecule has 87 heavy (non-hydrogen) atoms. The molecule has 15 atom stereocenters. The number of ether oxygens (including phenoxy) is 5. The molecule has 8 rings (SSSR count). The number of fused-ring (bicyclic) bond motifs is 5. The molecule has 2 aromatic carbocycles. The number of methoxy groups -OCH3 is 3. The topological polar surface area (TPSA) is 219 Å².